The minimum Gasteiger partial charge on any atom is -0.378 e. The topological polar surface area (TPSA) is 54.5 Å². The van der Waals surface area contributed by atoms with E-state index in [2.05, 4.69) is 48.4 Å². The van der Waals surface area contributed by atoms with Gasteiger partial charge in [-0.25, -0.2) is 0 Å². The van der Waals surface area contributed by atoms with Crippen molar-refractivity contribution < 1.29 is 9.53 Å². The fraction of sp³-hybridized carbons (Fsp3) is 0.368. The van der Waals surface area contributed by atoms with Crippen LogP contribution >= 0.6 is 0 Å². The Morgan fingerprint density at radius 1 is 1.12 bits per heavy atom. The van der Waals surface area contributed by atoms with Crippen LogP contribution in [0.3, 0.4) is 0 Å². The lowest BCUT2D eigenvalue weighted by atomic mass is 10.0. The first-order chi connectivity index (χ1) is 11.6. The summed E-state index contributed by atoms with van der Waals surface area (Å²) < 4.78 is 5.29. The van der Waals surface area contributed by atoms with E-state index in [4.69, 9.17) is 4.74 Å². The number of pyridine rings is 1. The van der Waals surface area contributed by atoms with Gasteiger partial charge in [-0.15, -0.1) is 0 Å². The molecule has 3 rings (SSSR count). The molecule has 2 heterocycles. The van der Waals surface area contributed by atoms with E-state index >= 15 is 0 Å². The Bertz CT molecular complexity index is 692. The van der Waals surface area contributed by atoms with Gasteiger partial charge in [0, 0.05) is 30.7 Å². The molecule has 1 aliphatic heterocycles. The Kier molecular flexibility index (Phi) is 5.11. The molecule has 1 aromatic heterocycles. The molecule has 2 aromatic rings. The third kappa shape index (κ3) is 3.92. The van der Waals surface area contributed by atoms with Crippen molar-refractivity contribution in [2.24, 2.45) is 0 Å². The van der Waals surface area contributed by atoms with Crippen LogP contribution in [-0.2, 0) is 4.74 Å². The van der Waals surface area contributed by atoms with Crippen LogP contribution in [0.4, 0.5) is 11.4 Å². The number of anilines is 2. The number of nitrogens with zero attached hydrogens (tertiary/aromatic N) is 2. The van der Waals surface area contributed by atoms with Crippen LogP contribution in [0.25, 0.3) is 0 Å². The van der Waals surface area contributed by atoms with Crippen LogP contribution in [-0.4, -0.2) is 42.1 Å². The SMILES string of the molecule is CC(C)c1ccc(Nc2ccnc(C(=O)N3CCOCC3)c2)cc1. The zero-order valence-corrected chi connectivity index (χ0v) is 14.2. The second-order valence-corrected chi connectivity index (χ2v) is 6.24. The lowest BCUT2D eigenvalue weighted by Crippen LogP contribution is -2.41. The molecule has 0 radical (unpaired) electrons. The van der Waals surface area contributed by atoms with E-state index in [-0.39, 0.29) is 5.91 Å². The maximum absolute atomic E-state index is 12.5. The normalized spacial score (nSPS) is 14.7. The molecule has 0 atom stereocenters. The highest BCUT2D eigenvalue weighted by molar-refractivity contribution is 5.93. The largest absolute Gasteiger partial charge is 0.378 e. The van der Waals surface area contributed by atoms with Crippen LogP contribution in [0.15, 0.2) is 42.6 Å². The van der Waals surface area contributed by atoms with Gasteiger partial charge in [-0.3, -0.25) is 9.78 Å². The van der Waals surface area contributed by atoms with Crippen LogP contribution in [0.5, 0.6) is 0 Å². The van der Waals surface area contributed by atoms with Crippen LogP contribution in [0, 0.1) is 0 Å². The number of nitrogens with one attached hydrogen (secondary N) is 1. The highest BCUT2D eigenvalue weighted by Crippen LogP contribution is 2.21. The molecular formula is C19H23N3O2. The van der Waals surface area contributed by atoms with Gasteiger partial charge < -0.3 is 15.0 Å². The standard InChI is InChI=1S/C19H23N3O2/c1-14(2)15-3-5-16(6-4-15)21-17-7-8-20-18(13-17)19(23)22-9-11-24-12-10-22/h3-8,13-14H,9-12H2,1-2H3,(H,20,21). The van der Waals surface area contributed by atoms with Crippen molar-refractivity contribution in [3.63, 3.8) is 0 Å². The van der Waals surface area contributed by atoms with Crippen LogP contribution < -0.4 is 5.32 Å². The summed E-state index contributed by atoms with van der Waals surface area (Å²) >= 11 is 0. The molecule has 24 heavy (non-hydrogen) atoms. The number of morpholine rings is 1. The van der Waals surface area contributed by atoms with Crippen LogP contribution in [0.2, 0.25) is 0 Å². The number of amides is 1. The Balaban J connectivity index is 1.71. The lowest BCUT2D eigenvalue weighted by molar-refractivity contribution is 0.0299. The van der Waals surface area contributed by atoms with Crippen LogP contribution in [0.1, 0.15) is 35.8 Å². The van der Waals surface area contributed by atoms with Gasteiger partial charge in [-0.2, -0.15) is 0 Å². The Morgan fingerprint density at radius 3 is 2.50 bits per heavy atom. The van der Waals surface area contributed by atoms with E-state index in [0.29, 0.717) is 37.9 Å². The highest BCUT2D eigenvalue weighted by atomic mass is 16.5. The first-order valence-electron chi connectivity index (χ1n) is 8.33. The summed E-state index contributed by atoms with van der Waals surface area (Å²) in [6.45, 7) is 6.77. The molecule has 1 aliphatic rings. The third-order valence-corrected chi connectivity index (χ3v) is 4.14. The van der Waals surface area contributed by atoms with E-state index in [0.717, 1.165) is 11.4 Å². The fourth-order valence-electron chi connectivity index (χ4n) is 2.67. The number of carbonyl (C=O) groups is 1. The minimum atomic E-state index is -0.0443. The molecule has 5 heteroatoms. The van der Waals surface area contributed by atoms with Gasteiger partial charge in [0.1, 0.15) is 5.69 Å². The number of carbonyl (C=O) groups excluding carboxylic acids is 1. The average molecular weight is 325 g/mol. The fourth-order valence-corrected chi connectivity index (χ4v) is 2.67. The number of aromatic nitrogens is 1. The van der Waals surface area contributed by atoms with Crippen molar-refractivity contribution in [1.29, 1.82) is 0 Å². The number of hydrogen-bond donors (Lipinski definition) is 1. The maximum atomic E-state index is 12.5. The second kappa shape index (κ2) is 7.45. The van der Waals surface area contributed by atoms with Gasteiger partial charge in [0.25, 0.3) is 5.91 Å². The zero-order chi connectivity index (χ0) is 16.9. The zero-order valence-electron chi connectivity index (χ0n) is 14.2. The first kappa shape index (κ1) is 16.5. The van der Waals surface area contributed by atoms with E-state index in [9.17, 15) is 4.79 Å². The van der Waals surface area contributed by atoms with Crippen molar-refractivity contribution in [3.8, 4) is 0 Å². The summed E-state index contributed by atoms with van der Waals surface area (Å²) in [6.07, 6.45) is 1.67. The van der Waals surface area contributed by atoms with Gasteiger partial charge in [-0.05, 0) is 35.7 Å². The monoisotopic (exact) mass is 325 g/mol. The molecule has 5 nitrogen and oxygen atoms in total. The Labute approximate surface area is 142 Å². The van der Waals surface area contributed by atoms with Crippen molar-refractivity contribution >= 4 is 17.3 Å². The summed E-state index contributed by atoms with van der Waals surface area (Å²) in [4.78, 5) is 18.5. The lowest BCUT2D eigenvalue weighted by Gasteiger charge is -2.26. The first-order valence-corrected chi connectivity index (χ1v) is 8.33. The molecule has 126 valence electrons. The number of benzene rings is 1. The molecule has 0 unspecified atom stereocenters. The molecule has 1 fully saturated rings. The van der Waals surface area contributed by atoms with Gasteiger partial charge >= 0.3 is 0 Å². The molecule has 0 saturated carbocycles. The minimum absolute atomic E-state index is 0.0443. The quantitative estimate of drug-likeness (QED) is 0.936. The molecule has 0 spiro atoms. The van der Waals surface area contributed by atoms with E-state index in [1.165, 1.54) is 5.56 Å². The number of rotatable bonds is 4. The molecule has 0 bridgehead atoms. The molecule has 1 saturated heterocycles. The molecule has 0 aliphatic carbocycles. The second-order valence-electron chi connectivity index (χ2n) is 6.24. The summed E-state index contributed by atoms with van der Waals surface area (Å²) in [5, 5.41) is 3.33. The van der Waals surface area contributed by atoms with Gasteiger partial charge in [0.2, 0.25) is 0 Å². The summed E-state index contributed by atoms with van der Waals surface area (Å²) in [5.74, 6) is 0.467. The summed E-state index contributed by atoms with van der Waals surface area (Å²) in [5.41, 5.74) is 3.62. The summed E-state index contributed by atoms with van der Waals surface area (Å²) in [7, 11) is 0. The van der Waals surface area contributed by atoms with E-state index in [1.54, 1.807) is 17.2 Å². The van der Waals surface area contributed by atoms with E-state index < -0.39 is 0 Å². The number of hydrogen-bond acceptors (Lipinski definition) is 4. The molecular weight excluding hydrogens is 302 g/mol. The van der Waals surface area contributed by atoms with Gasteiger partial charge in [0.15, 0.2) is 0 Å². The van der Waals surface area contributed by atoms with E-state index in [1.807, 2.05) is 6.07 Å². The third-order valence-electron chi connectivity index (χ3n) is 4.14. The molecule has 1 amide bonds. The van der Waals surface area contributed by atoms with Crippen molar-refractivity contribution in [3.05, 3.63) is 53.9 Å². The van der Waals surface area contributed by atoms with Crippen molar-refractivity contribution in [2.75, 3.05) is 31.6 Å². The number of ether oxygens (including phenoxy) is 1. The molecule has 1 aromatic carbocycles. The predicted octanol–water partition coefficient (Wildman–Crippen LogP) is 3.42. The predicted molar refractivity (Wildman–Crippen MR) is 94.8 cm³/mol. The highest BCUT2D eigenvalue weighted by Gasteiger charge is 2.19. The van der Waals surface area contributed by atoms with Crippen molar-refractivity contribution in [2.45, 2.75) is 19.8 Å². The Hall–Kier alpha value is -2.40. The van der Waals surface area contributed by atoms with Gasteiger partial charge in [0.05, 0.1) is 13.2 Å². The maximum Gasteiger partial charge on any atom is 0.272 e. The van der Waals surface area contributed by atoms with Crippen molar-refractivity contribution in [1.82, 2.24) is 9.88 Å². The Morgan fingerprint density at radius 2 is 1.83 bits per heavy atom. The summed E-state index contributed by atoms with van der Waals surface area (Å²) in [6, 6.07) is 12.0. The molecule has 1 N–H and O–H groups in total. The van der Waals surface area contributed by atoms with Gasteiger partial charge in [-0.1, -0.05) is 26.0 Å². The average Bonchev–Trinajstić information content (AvgIpc) is 2.62. The smallest absolute Gasteiger partial charge is 0.272 e.